The van der Waals surface area contributed by atoms with Gasteiger partial charge in [-0.05, 0) is 6.42 Å². The zero-order valence-electron chi connectivity index (χ0n) is 6.51. The van der Waals surface area contributed by atoms with Gasteiger partial charge in [-0.25, -0.2) is 8.78 Å². The molecule has 1 fully saturated rings. The fourth-order valence-corrected chi connectivity index (χ4v) is 1.46. The molecule has 1 aliphatic carbocycles. The van der Waals surface area contributed by atoms with E-state index in [0.29, 0.717) is 0 Å². The molecule has 1 rings (SSSR count). The quantitative estimate of drug-likeness (QED) is 0.418. The second-order valence-corrected chi connectivity index (χ2v) is 4.35. The summed E-state index contributed by atoms with van der Waals surface area (Å²) in [6.45, 7) is 0. The average Bonchev–Trinajstić information content (AvgIpc) is 1.96. The van der Waals surface area contributed by atoms with E-state index in [-0.39, 0.29) is 0 Å². The molecule has 0 bridgehead atoms. The maximum atomic E-state index is 12.4. The van der Waals surface area contributed by atoms with E-state index in [2.05, 4.69) is 4.18 Å². The summed E-state index contributed by atoms with van der Waals surface area (Å²) in [5.41, 5.74) is -5.65. The van der Waals surface area contributed by atoms with Crippen molar-refractivity contribution >= 4 is 10.1 Å². The molecule has 0 aromatic heterocycles. The van der Waals surface area contributed by atoms with Crippen LogP contribution in [0.2, 0.25) is 0 Å². The second-order valence-electron chi connectivity index (χ2n) is 2.78. The molecule has 84 valence electrons. The summed E-state index contributed by atoms with van der Waals surface area (Å²) in [6, 6.07) is 0. The number of alkyl halides is 5. The Morgan fingerprint density at radius 2 is 1.79 bits per heavy atom. The predicted octanol–water partition coefficient (Wildman–Crippen LogP) is 1.65. The Balaban J connectivity index is 2.71. The molecule has 1 atom stereocenters. The van der Waals surface area contributed by atoms with Crippen LogP contribution < -0.4 is 0 Å². The highest BCUT2D eigenvalue weighted by molar-refractivity contribution is 7.87. The first-order valence-electron chi connectivity index (χ1n) is 3.44. The lowest BCUT2D eigenvalue weighted by atomic mass is 9.91. The van der Waals surface area contributed by atoms with Crippen molar-refractivity contribution in [3.8, 4) is 0 Å². The molecule has 0 heterocycles. The lowest BCUT2D eigenvalue weighted by Crippen LogP contribution is -2.48. The Morgan fingerprint density at radius 1 is 1.29 bits per heavy atom. The summed E-state index contributed by atoms with van der Waals surface area (Å²) >= 11 is 0. The molecule has 14 heavy (non-hydrogen) atoms. The van der Waals surface area contributed by atoms with Crippen LogP contribution in [0, 0.1) is 0 Å². The van der Waals surface area contributed by atoms with Crippen LogP contribution in [0.3, 0.4) is 0 Å². The minimum Gasteiger partial charge on any atom is -0.253 e. The summed E-state index contributed by atoms with van der Waals surface area (Å²) in [4.78, 5) is 0. The van der Waals surface area contributed by atoms with E-state index in [1.165, 1.54) is 0 Å². The summed E-state index contributed by atoms with van der Waals surface area (Å²) in [5, 5.41) is 0. The maximum absolute atomic E-state index is 12.4. The Hall–Kier alpha value is -0.440. The third-order valence-electron chi connectivity index (χ3n) is 1.74. The van der Waals surface area contributed by atoms with Gasteiger partial charge >= 0.3 is 15.6 Å². The molecule has 0 aliphatic heterocycles. The van der Waals surface area contributed by atoms with Gasteiger partial charge in [0.25, 0.3) is 5.92 Å². The van der Waals surface area contributed by atoms with Gasteiger partial charge in [0, 0.05) is 6.42 Å². The third kappa shape index (κ3) is 1.97. The van der Waals surface area contributed by atoms with Gasteiger partial charge < -0.3 is 0 Å². The molecule has 0 spiro atoms. The monoisotopic (exact) mass is 240 g/mol. The van der Waals surface area contributed by atoms with Crippen molar-refractivity contribution in [1.82, 2.24) is 0 Å². The lowest BCUT2D eigenvalue weighted by molar-refractivity contribution is -0.168. The van der Waals surface area contributed by atoms with Gasteiger partial charge in [-0.15, -0.1) is 0 Å². The number of hydrogen-bond donors (Lipinski definition) is 0. The number of halogens is 5. The van der Waals surface area contributed by atoms with E-state index in [0.717, 1.165) is 0 Å². The van der Waals surface area contributed by atoms with Gasteiger partial charge in [0.1, 0.15) is 6.10 Å². The van der Waals surface area contributed by atoms with Crippen LogP contribution in [0.25, 0.3) is 0 Å². The first-order chi connectivity index (χ1) is 6.06. The summed E-state index contributed by atoms with van der Waals surface area (Å²) in [7, 11) is -5.91. The maximum Gasteiger partial charge on any atom is 0.523 e. The first kappa shape index (κ1) is 11.6. The minimum atomic E-state index is -5.91. The van der Waals surface area contributed by atoms with Crippen molar-refractivity contribution in [2.45, 2.75) is 30.4 Å². The van der Waals surface area contributed by atoms with Crippen LogP contribution in [0.4, 0.5) is 22.0 Å². The van der Waals surface area contributed by atoms with E-state index in [9.17, 15) is 30.4 Å². The van der Waals surface area contributed by atoms with Crippen molar-refractivity contribution in [3.05, 3.63) is 0 Å². The molecule has 0 N–H and O–H groups in total. The van der Waals surface area contributed by atoms with Crippen molar-refractivity contribution < 1.29 is 34.6 Å². The molecular formula is C5H5F5O3S. The van der Waals surface area contributed by atoms with Crippen molar-refractivity contribution in [2.75, 3.05) is 0 Å². The second kappa shape index (κ2) is 3.02. The largest absolute Gasteiger partial charge is 0.523 e. The third-order valence-corrected chi connectivity index (χ3v) is 2.79. The van der Waals surface area contributed by atoms with Crippen LogP contribution in [-0.4, -0.2) is 26.0 Å². The van der Waals surface area contributed by atoms with E-state index < -0.39 is 40.5 Å². The molecular weight excluding hydrogens is 235 g/mol. The summed E-state index contributed by atoms with van der Waals surface area (Å²) in [5.74, 6) is -3.49. The standard InChI is InChI=1S/C5H5F5O3S/c6-4(7)2-1-3(4)13-14(11,12)5(8,9)10/h3H,1-2H2. The molecule has 0 saturated heterocycles. The Kier molecular flexibility index (Phi) is 2.51. The molecule has 1 unspecified atom stereocenters. The molecule has 9 heteroatoms. The molecule has 0 amide bonds. The Bertz CT molecular complexity index is 319. The van der Waals surface area contributed by atoms with Crippen molar-refractivity contribution in [1.29, 1.82) is 0 Å². The van der Waals surface area contributed by atoms with Gasteiger partial charge in [0.15, 0.2) is 0 Å². The van der Waals surface area contributed by atoms with Crippen LogP contribution in [0.1, 0.15) is 12.8 Å². The first-order valence-corrected chi connectivity index (χ1v) is 4.84. The van der Waals surface area contributed by atoms with E-state index in [1.807, 2.05) is 0 Å². The zero-order valence-corrected chi connectivity index (χ0v) is 7.33. The molecule has 0 aromatic rings. The van der Waals surface area contributed by atoms with Crippen LogP contribution in [-0.2, 0) is 14.3 Å². The normalized spacial score (nSPS) is 27.1. The smallest absolute Gasteiger partial charge is 0.253 e. The lowest BCUT2D eigenvalue weighted by Gasteiger charge is -2.34. The average molecular weight is 240 g/mol. The molecule has 1 aliphatic rings. The SMILES string of the molecule is O=S(=O)(OC1CCC1(F)F)C(F)(F)F. The Morgan fingerprint density at radius 3 is 2.00 bits per heavy atom. The fraction of sp³-hybridized carbons (Fsp3) is 1.00. The summed E-state index contributed by atoms with van der Waals surface area (Å²) in [6.07, 6.45) is -3.25. The van der Waals surface area contributed by atoms with Crippen LogP contribution in [0.15, 0.2) is 0 Å². The highest BCUT2D eigenvalue weighted by Crippen LogP contribution is 2.42. The number of rotatable bonds is 2. The minimum absolute atomic E-state index is 0.400. The molecule has 0 aromatic carbocycles. The zero-order chi connectivity index (χ0) is 11.2. The van der Waals surface area contributed by atoms with E-state index >= 15 is 0 Å². The van der Waals surface area contributed by atoms with Gasteiger partial charge in [0.05, 0.1) is 0 Å². The van der Waals surface area contributed by atoms with Crippen LogP contribution in [0.5, 0.6) is 0 Å². The van der Waals surface area contributed by atoms with Gasteiger partial charge in [-0.2, -0.15) is 21.6 Å². The van der Waals surface area contributed by atoms with E-state index in [1.54, 1.807) is 0 Å². The fourth-order valence-electron chi connectivity index (χ4n) is 0.806. The van der Waals surface area contributed by atoms with E-state index in [4.69, 9.17) is 0 Å². The number of hydrogen-bond acceptors (Lipinski definition) is 3. The van der Waals surface area contributed by atoms with Crippen LogP contribution >= 0.6 is 0 Å². The predicted molar refractivity (Wildman–Crippen MR) is 34.0 cm³/mol. The molecule has 3 nitrogen and oxygen atoms in total. The highest BCUT2D eigenvalue weighted by atomic mass is 32.2. The molecule has 1 saturated carbocycles. The highest BCUT2D eigenvalue weighted by Gasteiger charge is 2.56. The topological polar surface area (TPSA) is 43.4 Å². The van der Waals surface area contributed by atoms with Gasteiger partial charge in [-0.3, -0.25) is 4.18 Å². The van der Waals surface area contributed by atoms with Gasteiger partial charge in [-0.1, -0.05) is 0 Å². The molecule has 0 radical (unpaired) electrons. The van der Waals surface area contributed by atoms with Gasteiger partial charge in [0.2, 0.25) is 0 Å². The Labute approximate surface area is 76.0 Å². The van der Waals surface area contributed by atoms with Crippen molar-refractivity contribution in [3.63, 3.8) is 0 Å². The summed E-state index contributed by atoms with van der Waals surface area (Å²) < 4.78 is 83.5. The van der Waals surface area contributed by atoms with Crippen molar-refractivity contribution in [2.24, 2.45) is 0 Å².